The van der Waals surface area contributed by atoms with E-state index >= 15 is 0 Å². The lowest BCUT2D eigenvalue weighted by Crippen LogP contribution is -2.34. The summed E-state index contributed by atoms with van der Waals surface area (Å²) in [5, 5.41) is 2.66. The Bertz CT molecular complexity index is 468. The molecule has 0 aliphatic heterocycles. The predicted molar refractivity (Wildman–Crippen MR) is 78.8 cm³/mol. The first-order valence-corrected chi connectivity index (χ1v) is 7.10. The molecule has 20 heavy (non-hydrogen) atoms. The van der Waals surface area contributed by atoms with Crippen LogP contribution in [0.3, 0.4) is 0 Å². The van der Waals surface area contributed by atoms with Crippen molar-refractivity contribution >= 4 is 33.6 Å². The van der Waals surface area contributed by atoms with E-state index in [1.165, 1.54) is 12.1 Å². The molecule has 0 heterocycles. The smallest absolute Gasteiger partial charge is 0.407 e. The fourth-order valence-corrected chi connectivity index (χ4v) is 2.11. The number of benzene rings is 1. The average molecular weight is 369 g/mol. The zero-order chi connectivity index (χ0) is 15.3. The van der Waals surface area contributed by atoms with Crippen LogP contribution in [-0.4, -0.2) is 24.8 Å². The number of carbonyl (C=O) groups excluding carboxylic acids is 1. The molecule has 4 nitrogen and oxygen atoms in total. The van der Waals surface area contributed by atoms with Gasteiger partial charge in [0.2, 0.25) is 0 Å². The molecule has 0 radical (unpaired) electrons. The monoisotopic (exact) mass is 367 g/mol. The number of carbonyl (C=O) groups is 1. The third kappa shape index (κ3) is 5.96. The van der Waals surface area contributed by atoms with Crippen LogP contribution in [0.2, 0.25) is 5.02 Å². The van der Waals surface area contributed by atoms with Crippen molar-refractivity contribution in [1.29, 1.82) is 0 Å². The van der Waals surface area contributed by atoms with Crippen molar-refractivity contribution in [3.05, 3.63) is 27.4 Å². The van der Waals surface area contributed by atoms with Crippen LogP contribution in [0.25, 0.3) is 0 Å². The summed E-state index contributed by atoms with van der Waals surface area (Å²) in [6.45, 7) is 5.55. The van der Waals surface area contributed by atoms with Crippen LogP contribution in [0, 0.1) is 5.82 Å². The Kier molecular flexibility index (Phi) is 6.07. The van der Waals surface area contributed by atoms with Crippen LogP contribution in [0.5, 0.6) is 5.75 Å². The number of amides is 1. The first kappa shape index (κ1) is 17.0. The molecule has 7 heteroatoms. The SMILES string of the molecule is CC(C)(C)OC(=O)NCCOc1c(F)cc(Br)cc1Cl. The summed E-state index contributed by atoms with van der Waals surface area (Å²) in [6, 6.07) is 2.78. The number of nitrogens with one attached hydrogen (secondary N) is 1. The lowest BCUT2D eigenvalue weighted by Gasteiger charge is -2.19. The Labute approximate surface area is 130 Å². The van der Waals surface area contributed by atoms with Crippen LogP contribution in [0.1, 0.15) is 20.8 Å². The van der Waals surface area contributed by atoms with Crippen molar-refractivity contribution in [2.75, 3.05) is 13.2 Å². The molecule has 1 rings (SSSR count). The van der Waals surface area contributed by atoms with E-state index in [1.807, 2.05) is 0 Å². The van der Waals surface area contributed by atoms with Crippen LogP contribution < -0.4 is 10.1 Å². The highest BCUT2D eigenvalue weighted by Gasteiger charge is 2.16. The Morgan fingerprint density at radius 1 is 1.45 bits per heavy atom. The molecule has 0 saturated heterocycles. The molecular formula is C13H16BrClFNO3. The van der Waals surface area contributed by atoms with Gasteiger partial charge in [0.05, 0.1) is 11.6 Å². The molecule has 0 aliphatic rings. The van der Waals surface area contributed by atoms with Crippen LogP contribution in [0.15, 0.2) is 16.6 Å². The molecule has 0 aliphatic carbocycles. The summed E-state index contributed by atoms with van der Waals surface area (Å²) in [6.07, 6.45) is -0.552. The summed E-state index contributed by atoms with van der Waals surface area (Å²) in [7, 11) is 0. The Morgan fingerprint density at radius 2 is 2.10 bits per heavy atom. The summed E-state index contributed by atoms with van der Waals surface area (Å²) in [5.41, 5.74) is -0.563. The van der Waals surface area contributed by atoms with Crippen molar-refractivity contribution in [2.45, 2.75) is 26.4 Å². The highest BCUT2D eigenvalue weighted by Crippen LogP contribution is 2.31. The minimum absolute atomic E-state index is 0.0409. The number of ether oxygens (including phenoxy) is 2. The summed E-state index contributed by atoms with van der Waals surface area (Å²) < 4.78 is 24.3. The number of halogens is 3. The average Bonchev–Trinajstić information content (AvgIpc) is 2.23. The van der Waals surface area contributed by atoms with Crippen molar-refractivity contribution in [2.24, 2.45) is 0 Å². The van der Waals surface area contributed by atoms with Crippen molar-refractivity contribution in [3.63, 3.8) is 0 Å². The van der Waals surface area contributed by atoms with Gasteiger partial charge in [-0.1, -0.05) is 27.5 Å². The molecule has 1 N–H and O–H groups in total. The molecule has 0 bridgehead atoms. The third-order valence-corrected chi connectivity index (χ3v) is 2.72. The minimum atomic E-state index is -0.568. The standard InChI is InChI=1S/C13H16BrClFNO3/c1-13(2,3)20-12(18)17-4-5-19-11-9(15)6-8(14)7-10(11)16/h6-7H,4-5H2,1-3H3,(H,17,18). The number of rotatable bonds is 4. The summed E-state index contributed by atoms with van der Waals surface area (Å²) in [4.78, 5) is 11.4. The molecule has 0 saturated carbocycles. The maximum atomic E-state index is 13.6. The van der Waals surface area contributed by atoms with E-state index in [-0.39, 0.29) is 23.9 Å². The summed E-state index contributed by atoms with van der Waals surface area (Å²) >= 11 is 8.98. The van der Waals surface area contributed by atoms with Gasteiger partial charge in [0.15, 0.2) is 11.6 Å². The van der Waals surface area contributed by atoms with Gasteiger partial charge in [0, 0.05) is 4.47 Å². The molecule has 0 fully saturated rings. The third-order valence-electron chi connectivity index (χ3n) is 1.98. The zero-order valence-electron chi connectivity index (χ0n) is 11.4. The lowest BCUT2D eigenvalue weighted by molar-refractivity contribution is 0.0520. The lowest BCUT2D eigenvalue weighted by atomic mass is 10.2. The van der Waals surface area contributed by atoms with Crippen LogP contribution >= 0.6 is 27.5 Å². The minimum Gasteiger partial charge on any atom is -0.487 e. The normalized spacial score (nSPS) is 11.1. The maximum Gasteiger partial charge on any atom is 0.407 e. The fourth-order valence-electron chi connectivity index (χ4n) is 1.29. The fraction of sp³-hybridized carbons (Fsp3) is 0.462. The van der Waals surface area contributed by atoms with E-state index in [4.69, 9.17) is 21.1 Å². The largest absolute Gasteiger partial charge is 0.487 e. The molecule has 0 spiro atoms. The van der Waals surface area contributed by atoms with E-state index in [1.54, 1.807) is 20.8 Å². The topological polar surface area (TPSA) is 47.6 Å². The van der Waals surface area contributed by atoms with Gasteiger partial charge in [0.1, 0.15) is 12.2 Å². The second-order valence-corrected chi connectivity index (χ2v) is 6.30. The second kappa shape index (κ2) is 7.13. The Hall–Kier alpha value is -1.01. The molecule has 1 aromatic carbocycles. The van der Waals surface area contributed by atoms with Gasteiger partial charge < -0.3 is 14.8 Å². The van der Waals surface area contributed by atoms with Crippen molar-refractivity contribution in [1.82, 2.24) is 5.32 Å². The van der Waals surface area contributed by atoms with Crippen molar-refractivity contribution < 1.29 is 18.7 Å². The zero-order valence-corrected chi connectivity index (χ0v) is 13.8. The molecular weight excluding hydrogens is 353 g/mol. The predicted octanol–water partition coefficient (Wildman–Crippen LogP) is 4.15. The molecule has 1 aromatic rings. The van der Waals surface area contributed by atoms with Gasteiger partial charge in [0.25, 0.3) is 0 Å². The Balaban J connectivity index is 2.41. The second-order valence-electron chi connectivity index (χ2n) is 4.98. The van der Waals surface area contributed by atoms with Gasteiger partial charge in [-0.3, -0.25) is 0 Å². The van der Waals surface area contributed by atoms with Crippen LogP contribution in [0.4, 0.5) is 9.18 Å². The van der Waals surface area contributed by atoms with Crippen molar-refractivity contribution in [3.8, 4) is 5.75 Å². The molecule has 0 aromatic heterocycles. The molecule has 0 atom stereocenters. The number of hydrogen-bond donors (Lipinski definition) is 1. The first-order chi connectivity index (χ1) is 9.19. The Morgan fingerprint density at radius 3 is 2.65 bits per heavy atom. The van der Waals surface area contributed by atoms with Gasteiger partial charge in [-0.2, -0.15) is 0 Å². The maximum absolute atomic E-state index is 13.6. The van der Waals surface area contributed by atoms with E-state index in [0.717, 1.165) is 0 Å². The van der Waals surface area contributed by atoms with Gasteiger partial charge in [-0.15, -0.1) is 0 Å². The van der Waals surface area contributed by atoms with E-state index in [9.17, 15) is 9.18 Å². The highest BCUT2D eigenvalue weighted by molar-refractivity contribution is 9.10. The van der Waals surface area contributed by atoms with Gasteiger partial charge in [-0.05, 0) is 32.9 Å². The number of alkyl carbamates (subject to hydrolysis) is 1. The van der Waals surface area contributed by atoms with E-state index < -0.39 is 17.5 Å². The quantitative estimate of drug-likeness (QED) is 0.812. The van der Waals surface area contributed by atoms with Gasteiger partial charge in [-0.25, -0.2) is 9.18 Å². The highest BCUT2D eigenvalue weighted by atomic mass is 79.9. The van der Waals surface area contributed by atoms with Crippen LogP contribution in [-0.2, 0) is 4.74 Å². The van der Waals surface area contributed by atoms with E-state index in [0.29, 0.717) is 4.47 Å². The number of hydrogen-bond acceptors (Lipinski definition) is 3. The molecule has 1 amide bonds. The summed E-state index contributed by atoms with van der Waals surface area (Å²) in [5.74, 6) is -0.609. The molecule has 0 unspecified atom stereocenters. The molecule has 112 valence electrons. The first-order valence-electron chi connectivity index (χ1n) is 5.93. The van der Waals surface area contributed by atoms with Gasteiger partial charge >= 0.3 is 6.09 Å². The van der Waals surface area contributed by atoms with E-state index in [2.05, 4.69) is 21.2 Å².